The van der Waals surface area contributed by atoms with Gasteiger partial charge in [0.2, 0.25) is 0 Å². The van der Waals surface area contributed by atoms with Crippen LogP contribution in [0.4, 0.5) is 4.39 Å². The minimum absolute atomic E-state index is 0.124. The molecule has 0 saturated heterocycles. The Morgan fingerprint density at radius 1 is 1.47 bits per heavy atom. The number of rotatable bonds is 4. The molecule has 1 aromatic carbocycles. The fourth-order valence-electron chi connectivity index (χ4n) is 1.54. The monoisotopic (exact) mass is 277 g/mol. The van der Waals surface area contributed by atoms with Gasteiger partial charge in [-0.1, -0.05) is 0 Å². The van der Waals surface area contributed by atoms with Crippen LogP contribution in [0.2, 0.25) is 0 Å². The highest BCUT2D eigenvalue weighted by Gasteiger charge is 2.08. The molecule has 5 heteroatoms. The third-order valence-electron chi connectivity index (χ3n) is 2.61. The zero-order valence-electron chi connectivity index (χ0n) is 10.5. The molecule has 0 fully saturated rings. The molecule has 1 aromatic heterocycles. The van der Waals surface area contributed by atoms with Crippen LogP contribution in [0.3, 0.4) is 0 Å². The molecule has 0 aliphatic heterocycles. The standard InChI is InChI=1S/C14H12FNO2S/c1-9-14(19-8-16-9)6-4-12(17)10-3-5-13(18-2)11(15)7-10/h3-8H,1-2H3/b6-4+. The average molecular weight is 277 g/mol. The molecule has 2 rings (SSSR count). The van der Waals surface area contributed by atoms with E-state index in [2.05, 4.69) is 4.98 Å². The number of carbonyl (C=O) groups is 1. The van der Waals surface area contributed by atoms with Crippen LogP contribution in [-0.4, -0.2) is 17.9 Å². The topological polar surface area (TPSA) is 39.2 Å². The Bertz CT molecular complexity index is 634. The molecule has 0 amide bonds. The van der Waals surface area contributed by atoms with E-state index in [1.165, 1.54) is 42.7 Å². The van der Waals surface area contributed by atoms with E-state index in [1.54, 1.807) is 11.6 Å². The molecule has 0 unspecified atom stereocenters. The number of aryl methyl sites for hydroxylation is 1. The minimum Gasteiger partial charge on any atom is -0.494 e. The van der Waals surface area contributed by atoms with Crippen LogP contribution in [0.25, 0.3) is 6.08 Å². The van der Waals surface area contributed by atoms with Gasteiger partial charge in [0, 0.05) is 10.4 Å². The van der Waals surface area contributed by atoms with Gasteiger partial charge >= 0.3 is 0 Å². The van der Waals surface area contributed by atoms with E-state index >= 15 is 0 Å². The third-order valence-corrected chi connectivity index (χ3v) is 3.50. The van der Waals surface area contributed by atoms with Crippen LogP contribution in [0.1, 0.15) is 20.9 Å². The summed E-state index contributed by atoms with van der Waals surface area (Å²) in [6.45, 7) is 1.87. The van der Waals surface area contributed by atoms with E-state index in [0.29, 0.717) is 0 Å². The van der Waals surface area contributed by atoms with Crippen molar-refractivity contribution in [2.24, 2.45) is 0 Å². The van der Waals surface area contributed by atoms with Gasteiger partial charge in [0.25, 0.3) is 0 Å². The summed E-state index contributed by atoms with van der Waals surface area (Å²) >= 11 is 1.45. The summed E-state index contributed by atoms with van der Waals surface area (Å²) in [5.74, 6) is -0.677. The number of benzene rings is 1. The van der Waals surface area contributed by atoms with Crippen molar-refractivity contribution in [3.8, 4) is 5.75 Å². The quantitative estimate of drug-likeness (QED) is 0.634. The van der Waals surface area contributed by atoms with E-state index in [9.17, 15) is 9.18 Å². The van der Waals surface area contributed by atoms with Crippen LogP contribution >= 0.6 is 11.3 Å². The molecule has 2 aromatic rings. The highest BCUT2D eigenvalue weighted by atomic mass is 32.1. The van der Waals surface area contributed by atoms with Crippen molar-refractivity contribution in [3.05, 3.63) is 51.7 Å². The first-order chi connectivity index (χ1) is 9.11. The SMILES string of the molecule is COc1ccc(C(=O)/C=C/c2scnc2C)cc1F. The fourth-order valence-corrected chi connectivity index (χ4v) is 2.23. The van der Waals surface area contributed by atoms with E-state index in [0.717, 1.165) is 10.6 Å². The van der Waals surface area contributed by atoms with Crippen LogP contribution in [-0.2, 0) is 0 Å². The normalized spacial score (nSPS) is 10.9. The van der Waals surface area contributed by atoms with Gasteiger partial charge < -0.3 is 4.74 Å². The van der Waals surface area contributed by atoms with Crippen LogP contribution in [0.15, 0.2) is 29.8 Å². The molecule has 0 radical (unpaired) electrons. The molecule has 98 valence electrons. The first kappa shape index (κ1) is 13.4. The molecular formula is C14H12FNO2S. The molecule has 0 bridgehead atoms. The van der Waals surface area contributed by atoms with Gasteiger partial charge in [0.05, 0.1) is 18.3 Å². The van der Waals surface area contributed by atoms with Crippen LogP contribution < -0.4 is 4.74 Å². The number of hydrogen-bond acceptors (Lipinski definition) is 4. The van der Waals surface area contributed by atoms with Crippen molar-refractivity contribution in [3.63, 3.8) is 0 Å². The van der Waals surface area contributed by atoms with E-state index < -0.39 is 5.82 Å². The number of carbonyl (C=O) groups excluding carboxylic acids is 1. The molecule has 0 spiro atoms. The predicted molar refractivity (Wildman–Crippen MR) is 73.2 cm³/mol. The van der Waals surface area contributed by atoms with Crippen molar-refractivity contribution in [2.45, 2.75) is 6.92 Å². The molecule has 0 atom stereocenters. The third kappa shape index (κ3) is 3.06. The summed E-state index contributed by atoms with van der Waals surface area (Å²) in [6, 6.07) is 4.15. The van der Waals surface area contributed by atoms with Gasteiger partial charge in [-0.2, -0.15) is 0 Å². The fraction of sp³-hybridized carbons (Fsp3) is 0.143. The number of ketones is 1. The summed E-state index contributed by atoms with van der Waals surface area (Å²) in [5.41, 5.74) is 2.87. The second-order valence-electron chi connectivity index (χ2n) is 3.85. The van der Waals surface area contributed by atoms with Crippen molar-refractivity contribution in [2.75, 3.05) is 7.11 Å². The van der Waals surface area contributed by atoms with Gasteiger partial charge in [-0.25, -0.2) is 9.37 Å². The number of allylic oxidation sites excluding steroid dienone is 1. The summed E-state index contributed by atoms with van der Waals surface area (Å²) < 4.78 is 18.3. The lowest BCUT2D eigenvalue weighted by Gasteiger charge is -2.02. The van der Waals surface area contributed by atoms with Crippen LogP contribution in [0.5, 0.6) is 5.75 Å². The Balaban J connectivity index is 2.19. The zero-order valence-corrected chi connectivity index (χ0v) is 11.3. The van der Waals surface area contributed by atoms with Crippen LogP contribution in [0, 0.1) is 12.7 Å². The lowest BCUT2D eigenvalue weighted by Crippen LogP contribution is -1.96. The lowest BCUT2D eigenvalue weighted by atomic mass is 10.1. The second kappa shape index (κ2) is 5.75. The zero-order chi connectivity index (χ0) is 13.8. The number of hydrogen-bond donors (Lipinski definition) is 0. The Morgan fingerprint density at radius 2 is 2.26 bits per heavy atom. The highest BCUT2D eigenvalue weighted by Crippen LogP contribution is 2.19. The van der Waals surface area contributed by atoms with E-state index in [1.807, 2.05) is 6.92 Å². The molecule has 0 aliphatic rings. The molecule has 0 N–H and O–H groups in total. The predicted octanol–water partition coefficient (Wildman–Crippen LogP) is 3.50. The largest absolute Gasteiger partial charge is 0.494 e. The number of nitrogens with zero attached hydrogens (tertiary/aromatic N) is 1. The Morgan fingerprint density at radius 3 is 2.84 bits per heavy atom. The Hall–Kier alpha value is -2.01. The number of halogens is 1. The second-order valence-corrected chi connectivity index (χ2v) is 4.74. The lowest BCUT2D eigenvalue weighted by molar-refractivity contribution is 0.104. The maximum atomic E-state index is 13.5. The van der Waals surface area contributed by atoms with Gasteiger partial charge in [0.1, 0.15) is 0 Å². The van der Waals surface area contributed by atoms with Crippen molar-refractivity contribution >= 4 is 23.2 Å². The van der Waals surface area contributed by atoms with E-state index in [-0.39, 0.29) is 17.1 Å². The molecule has 19 heavy (non-hydrogen) atoms. The summed E-state index contributed by atoms with van der Waals surface area (Å²) in [4.78, 5) is 16.9. The summed E-state index contributed by atoms with van der Waals surface area (Å²) in [7, 11) is 1.38. The van der Waals surface area contributed by atoms with E-state index in [4.69, 9.17) is 4.74 Å². The Labute approximate surface area is 114 Å². The first-order valence-electron chi connectivity index (χ1n) is 5.58. The maximum Gasteiger partial charge on any atom is 0.185 e. The maximum absolute atomic E-state index is 13.5. The number of methoxy groups -OCH3 is 1. The van der Waals surface area contributed by atoms with Gasteiger partial charge in [-0.15, -0.1) is 11.3 Å². The highest BCUT2D eigenvalue weighted by molar-refractivity contribution is 7.10. The molecule has 3 nitrogen and oxygen atoms in total. The number of thiazole rings is 1. The first-order valence-corrected chi connectivity index (χ1v) is 6.46. The molecule has 0 saturated carbocycles. The van der Waals surface area contributed by atoms with Crippen molar-refractivity contribution in [1.29, 1.82) is 0 Å². The van der Waals surface area contributed by atoms with Gasteiger partial charge in [-0.05, 0) is 37.3 Å². The smallest absolute Gasteiger partial charge is 0.185 e. The summed E-state index contributed by atoms with van der Waals surface area (Å²) in [5, 5.41) is 0. The molecular weight excluding hydrogens is 265 g/mol. The Kier molecular flexibility index (Phi) is 4.06. The van der Waals surface area contributed by atoms with Crippen molar-refractivity contribution in [1.82, 2.24) is 4.98 Å². The minimum atomic E-state index is -0.546. The summed E-state index contributed by atoms with van der Waals surface area (Å²) in [6.07, 6.45) is 3.11. The number of aromatic nitrogens is 1. The number of ether oxygens (including phenoxy) is 1. The van der Waals surface area contributed by atoms with Crippen molar-refractivity contribution < 1.29 is 13.9 Å². The molecule has 1 heterocycles. The van der Waals surface area contributed by atoms with Gasteiger partial charge in [0.15, 0.2) is 17.3 Å². The average Bonchev–Trinajstić information content (AvgIpc) is 2.81. The molecule has 0 aliphatic carbocycles. The van der Waals surface area contributed by atoms with Gasteiger partial charge in [-0.3, -0.25) is 4.79 Å².